The second-order valence-electron chi connectivity index (χ2n) is 5.26. The average Bonchev–Trinajstić information content (AvgIpc) is 2.96. The van der Waals surface area contributed by atoms with E-state index in [0.717, 1.165) is 5.57 Å². The standard InChI is InChI=1S/C17H24O5/c1-5-20-15(18)17(10-9-13(3)4,16(19)21-6-2)12-14-8-7-11-22-14/h7-9,11H,5-6,10,12H2,1-4H3. The van der Waals surface area contributed by atoms with E-state index in [2.05, 4.69) is 0 Å². The van der Waals surface area contributed by atoms with Gasteiger partial charge >= 0.3 is 11.9 Å². The van der Waals surface area contributed by atoms with E-state index in [9.17, 15) is 9.59 Å². The van der Waals surface area contributed by atoms with E-state index in [1.807, 2.05) is 19.9 Å². The number of carbonyl (C=O) groups is 2. The van der Waals surface area contributed by atoms with E-state index in [1.165, 1.54) is 6.26 Å². The highest BCUT2D eigenvalue weighted by atomic mass is 16.6. The fourth-order valence-electron chi connectivity index (χ4n) is 2.09. The van der Waals surface area contributed by atoms with Crippen LogP contribution in [0.5, 0.6) is 0 Å². The molecule has 0 bridgehead atoms. The first-order valence-corrected chi connectivity index (χ1v) is 7.46. The fraction of sp³-hybridized carbons (Fsp3) is 0.529. The van der Waals surface area contributed by atoms with Crippen molar-refractivity contribution < 1.29 is 23.5 Å². The predicted molar refractivity (Wildman–Crippen MR) is 82.2 cm³/mol. The highest BCUT2D eigenvalue weighted by Crippen LogP contribution is 2.32. The Kier molecular flexibility index (Phi) is 6.89. The lowest BCUT2D eigenvalue weighted by Gasteiger charge is -2.27. The maximum atomic E-state index is 12.5. The molecule has 22 heavy (non-hydrogen) atoms. The molecule has 0 unspecified atom stereocenters. The summed E-state index contributed by atoms with van der Waals surface area (Å²) < 4.78 is 15.6. The molecule has 1 aromatic heterocycles. The van der Waals surface area contributed by atoms with Gasteiger partial charge in [-0.15, -0.1) is 0 Å². The molecule has 0 saturated heterocycles. The zero-order valence-corrected chi connectivity index (χ0v) is 13.7. The molecule has 5 heteroatoms. The Morgan fingerprint density at radius 2 is 1.77 bits per heavy atom. The van der Waals surface area contributed by atoms with E-state index in [4.69, 9.17) is 13.9 Å². The van der Waals surface area contributed by atoms with Crippen molar-refractivity contribution in [3.63, 3.8) is 0 Å². The van der Waals surface area contributed by atoms with Crippen LogP contribution in [-0.2, 0) is 25.5 Å². The molecule has 1 rings (SSSR count). The van der Waals surface area contributed by atoms with Crippen LogP contribution in [0.4, 0.5) is 0 Å². The van der Waals surface area contributed by atoms with Crippen LogP contribution in [0.25, 0.3) is 0 Å². The number of hydrogen-bond donors (Lipinski definition) is 0. The molecule has 0 N–H and O–H groups in total. The fourth-order valence-corrected chi connectivity index (χ4v) is 2.09. The largest absolute Gasteiger partial charge is 0.469 e. The summed E-state index contributed by atoms with van der Waals surface area (Å²) in [5.41, 5.74) is -0.404. The molecule has 0 aliphatic heterocycles. The molecule has 0 amide bonds. The molecule has 5 nitrogen and oxygen atoms in total. The zero-order valence-electron chi connectivity index (χ0n) is 13.7. The SMILES string of the molecule is CCOC(=O)C(CC=C(C)C)(Cc1ccco1)C(=O)OCC. The maximum Gasteiger partial charge on any atom is 0.324 e. The Hall–Kier alpha value is -2.04. The van der Waals surface area contributed by atoms with Gasteiger partial charge in [-0.05, 0) is 46.2 Å². The number of furan rings is 1. The van der Waals surface area contributed by atoms with Crippen molar-refractivity contribution in [1.82, 2.24) is 0 Å². The third kappa shape index (κ3) is 4.48. The Bertz CT molecular complexity index is 491. The first-order valence-electron chi connectivity index (χ1n) is 7.46. The van der Waals surface area contributed by atoms with Gasteiger partial charge in [-0.3, -0.25) is 9.59 Å². The minimum absolute atomic E-state index is 0.113. The summed E-state index contributed by atoms with van der Waals surface area (Å²) in [7, 11) is 0. The molecule has 1 aromatic rings. The Balaban J connectivity index is 3.23. The number of carbonyl (C=O) groups excluding carboxylic acids is 2. The van der Waals surface area contributed by atoms with Crippen LogP contribution in [0.15, 0.2) is 34.5 Å². The van der Waals surface area contributed by atoms with E-state index in [0.29, 0.717) is 5.76 Å². The molecule has 122 valence electrons. The summed E-state index contributed by atoms with van der Waals surface area (Å²) in [6.45, 7) is 7.64. The van der Waals surface area contributed by atoms with Gasteiger partial charge in [0.05, 0.1) is 19.5 Å². The van der Waals surface area contributed by atoms with Crippen molar-refractivity contribution in [2.75, 3.05) is 13.2 Å². The van der Waals surface area contributed by atoms with Gasteiger partial charge in [0.1, 0.15) is 5.76 Å². The normalized spacial score (nSPS) is 10.9. The first kappa shape index (κ1) is 18.0. The number of rotatable bonds is 8. The third-order valence-electron chi connectivity index (χ3n) is 3.25. The van der Waals surface area contributed by atoms with Crippen molar-refractivity contribution >= 4 is 11.9 Å². The smallest absolute Gasteiger partial charge is 0.324 e. The van der Waals surface area contributed by atoms with Crippen LogP contribution >= 0.6 is 0 Å². The molecule has 0 aliphatic carbocycles. The number of hydrogen-bond acceptors (Lipinski definition) is 5. The molecule has 0 atom stereocenters. The lowest BCUT2D eigenvalue weighted by atomic mass is 9.79. The van der Waals surface area contributed by atoms with Gasteiger partial charge in [0.2, 0.25) is 0 Å². The minimum Gasteiger partial charge on any atom is -0.469 e. The summed E-state index contributed by atoms with van der Waals surface area (Å²) in [5, 5.41) is 0. The topological polar surface area (TPSA) is 65.7 Å². The van der Waals surface area contributed by atoms with E-state index < -0.39 is 17.4 Å². The van der Waals surface area contributed by atoms with Gasteiger partial charge in [0.15, 0.2) is 5.41 Å². The van der Waals surface area contributed by atoms with Crippen LogP contribution in [0.2, 0.25) is 0 Å². The lowest BCUT2D eigenvalue weighted by Crippen LogP contribution is -2.43. The molecule has 0 aromatic carbocycles. The Morgan fingerprint density at radius 1 is 1.18 bits per heavy atom. The van der Waals surface area contributed by atoms with Crippen LogP contribution in [0.1, 0.15) is 39.9 Å². The highest BCUT2D eigenvalue weighted by Gasteiger charge is 2.48. The van der Waals surface area contributed by atoms with Gasteiger partial charge in [0, 0.05) is 6.42 Å². The molecular weight excluding hydrogens is 284 g/mol. The first-order chi connectivity index (χ1) is 10.5. The monoisotopic (exact) mass is 308 g/mol. The van der Waals surface area contributed by atoms with E-state index in [1.54, 1.807) is 26.0 Å². The van der Waals surface area contributed by atoms with Crippen molar-refractivity contribution in [3.05, 3.63) is 35.8 Å². The van der Waals surface area contributed by atoms with Gasteiger partial charge < -0.3 is 13.9 Å². The molecule has 0 fully saturated rings. The lowest BCUT2D eigenvalue weighted by molar-refractivity contribution is -0.172. The Labute approximate surface area is 131 Å². The van der Waals surface area contributed by atoms with Crippen molar-refractivity contribution in [2.45, 2.75) is 40.5 Å². The predicted octanol–water partition coefficient (Wildman–Crippen LogP) is 3.29. The second kappa shape index (κ2) is 8.41. The maximum absolute atomic E-state index is 12.5. The molecule has 0 radical (unpaired) electrons. The van der Waals surface area contributed by atoms with Gasteiger partial charge in [0.25, 0.3) is 0 Å². The summed E-state index contributed by atoms with van der Waals surface area (Å²) in [6, 6.07) is 3.45. The number of allylic oxidation sites excluding steroid dienone is 2. The summed E-state index contributed by atoms with van der Waals surface area (Å²) in [4.78, 5) is 25.1. The molecule has 0 saturated carbocycles. The number of esters is 2. The second-order valence-corrected chi connectivity index (χ2v) is 5.26. The highest BCUT2D eigenvalue weighted by molar-refractivity contribution is 6.00. The Morgan fingerprint density at radius 3 is 2.18 bits per heavy atom. The molecular formula is C17H24O5. The van der Waals surface area contributed by atoms with Crippen molar-refractivity contribution in [3.8, 4) is 0 Å². The molecule has 1 heterocycles. The summed E-state index contributed by atoms with van der Waals surface area (Å²) >= 11 is 0. The van der Waals surface area contributed by atoms with Crippen molar-refractivity contribution in [1.29, 1.82) is 0 Å². The van der Waals surface area contributed by atoms with Crippen LogP contribution < -0.4 is 0 Å². The average molecular weight is 308 g/mol. The van der Waals surface area contributed by atoms with Gasteiger partial charge in [-0.25, -0.2) is 0 Å². The quantitative estimate of drug-likeness (QED) is 0.419. The minimum atomic E-state index is -1.42. The van der Waals surface area contributed by atoms with Crippen LogP contribution in [0, 0.1) is 5.41 Å². The third-order valence-corrected chi connectivity index (χ3v) is 3.25. The van der Waals surface area contributed by atoms with Crippen molar-refractivity contribution in [2.24, 2.45) is 5.41 Å². The zero-order chi connectivity index (χ0) is 16.6. The van der Waals surface area contributed by atoms with Crippen LogP contribution in [-0.4, -0.2) is 25.2 Å². The van der Waals surface area contributed by atoms with Crippen LogP contribution in [0.3, 0.4) is 0 Å². The van der Waals surface area contributed by atoms with Gasteiger partial charge in [-0.2, -0.15) is 0 Å². The molecule has 0 aliphatic rings. The van der Waals surface area contributed by atoms with Gasteiger partial charge in [-0.1, -0.05) is 11.6 Å². The van der Waals surface area contributed by atoms with E-state index >= 15 is 0 Å². The molecule has 0 spiro atoms. The summed E-state index contributed by atoms with van der Waals surface area (Å²) in [5.74, 6) is -0.618. The van der Waals surface area contributed by atoms with E-state index in [-0.39, 0.29) is 26.1 Å². The number of ether oxygens (including phenoxy) is 2. The summed E-state index contributed by atoms with van der Waals surface area (Å²) in [6.07, 6.45) is 3.68.